The number of ether oxygens (including phenoxy) is 2. The van der Waals surface area contributed by atoms with Gasteiger partial charge in [0.1, 0.15) is 0 Å². The molecule has 0 amide bonds. The molecule has 0 radical (unpaired) electrons. The summed E-state index contributed by atoms with van der Waals surface area (Å²) < 4.78 is 11.0. The predicted octanol–water partition coefficient (Wildman–Crippen LogP) is 3.85. The van der Waals surface area contributed by atoms with Crippen molar-refractivity contribution in [3.8, 4) is 0 Å². The second-order valence-electron chi connectivity index (χ2n) is 3.56. The van der Waals surface area contributed by atoms with Crippen molar-refractivity contribution in [2.24, 2.45) is 0 Å². The first-order valence-corrected chi connectivity index (χ1v) is 5.86. The van der Waals surface area contributed by atoms with Gasteiger partial charge in [-0.1, -0.05) is 29.9 Å². The molecule has 0 saturated carbocycles. The molecule has 0 atom stereocenters. The van der Waals surface area contributed by atoms with Crippen LogP contribution in [-0.2, 0) is 9.47 Å². The summed E-state index contributed by atoms with van der Waals surface area (Å²) in [6, 6.07) is 0. The fourth-order valence-electron chi connectivity index (χ4n) is 1.27. The molecule has 0 fully saturated rings. The smallest absolute Gasteiger partial charge is 0.179 e. The molecule has 0 rings (SSSR count). The lowest BCUT2D eigenvalue weighted by Crippen LogP contribution is -2.18. The van der Waals surface area contributed by atoms with Gasteiger partial charge in [-0.05, 0) is 40.2 Å². The van der Waals surface area contributed by atoms with Gasteiger partial charge < -0.3 is 9.47 Å². The Morgan fingerprint density at radius 1 is 1.06 bits per heavy atom. The number of rotatable bonds is 7. The molecule has 0 saturated heterocycles. The van der Waals surface area contributed by atoms with Crippen LogP contribution in [0.25, 0.3) is 0 Å². The third-order valence-corrected chi connectivity index (χ3v) is 2.05. The average molecular weight is 224 g/mol. The predicted molar refractivity (Wildman–Crippen MR) is 69.4 cm³/mol. The molecule has 0 unspecified atom stereocenters. The van der Waals surface area contributed by atoms with Crippen LogP contribution >= 0.6 is 0 Å². The van der Waals surface area contributed by atoms with Crippen molar-refractivity contribution in [1.82, 2.24) is 0 Å². The molecular weight excluding hydrogens is 200 g/mol. The molecule has 0 aromatic carbocycles. The molecular formula is C14H24O2. The molecule has 0 heterocycles. The zero-order chi connectivity index (χ0) is 12.4. The molecule has 2 heteroatoms. The molecule has 0 aliphatic heterocycles. The fourth-order valence-corrected chi connectivity index (χ4v) is 1.27. The highest BCUT2D eigenvalue weighted by atomic mass is 16.7. The fraction of sp³-hybridized carbons (Fsp3) is 0.571. The van der Waals surface area contributed by atoms with Gasteiger partial charge in [0.25, 0.3) is 0 Å². The van der Waals surface area contributed by atoms with Crippen molar-refractivity contribution in [3.05, 3.63) is 35.5 Å². The minimum Gasteiger partial charge on any atom is -0.349 e. The third kappa shape index (κ3) is 6.59. The van der Waals surface area contributed by atoms with Gasteiger partial charge in [-0.15, -0.1) is 0 Å². The number of hydrogen-bond donors (Lipinski definition) is 0. The second-order valence-corrected chi connectivity index (χ2v) is 3.56. The Balaban J connectivity index is 4.52. The van der Waals surface area contributed by atoms with Gasteiger partial charge in [0.05, 0.1) is 0 Å². The van der Waals surface area contributed by atoms with E-state index in [2.05, 4.69) is 19.1 Å². The minimum absolute atomic E-state index is 0.218. The Kier molecular flexibility index (Phi) is 8.87. The summed E-state index contributed by atoms with van der Waals surface area (Å²) in [5.41, 5.74) is 2.31. The Hall–Kier alpha value is -0.860. The zero-order valence-corrected chi connectivity index (χ0v) is 11.1. The van der Waals surface area contributed by atoms with E-state index in [0.717, 1.165) is 5.57 Å². The van der Waals surface area contributed by atoms with Crippen molar-refractivity contribution in [2.75, 3.05) is 13.2 Å². The van der Waals surface area contributed by atoms with E-state index in [9.17, 15) is 0 Å². The molecule has 0 aromatic rings. The van der Waals surface area contributed by atoms with Gasteiger partial charge in [0, 0.05) is 13.2 Å². The lowest BCUT2D eigenvalue weighted by molar-refractivity contribution is -0.111. The summed E-state index contributed by atoms with van der Waals surface area (Å²) in [7, 11) is 0. The van der Waals surface area contributed by atoms with Gasteiger partial charge >= 0.3 is 0 Å². The maximum atomic E-state index is 5.50. The van der Waals surface area contributed by atoms with E-state index >= 15 is 0 Å². The summed E-state index contributed by atoms with van der Waals surface area (Å²) in [4.78, 5) is 0. The second kappa shape index (κ2) is 9.37. The summed E-state index contributed by atoms with van der Waals surface area (Å²) in [6.45, 7) is 11.4. The van der Waals surface area contributed by atoms with Crippen LogP contribution in [0.1, 0.15) is 34.6 Å². The SMILES string of the molecule is CC=C/C(C)=C\C=C(/C)C(OCC)OCC. The van der Waals surface area contributed by atoms with Crippen LogP contribution in [0.4, 0.5) is 0 Å². The first kappa shape index (κ1) is 15.1. The summed E-state index contributed by atoms with van der Waals surface area (Å²) in [5, 5.41) is 0. The van der Waals surface area contributed by atoms with Crippen molar-refractivity contribution in [3.63, 3.8) is 0 Å². The lowest BCUT2D eigenvalue weighted by atomic mass is 10.2. The van der Waals surface area contributed by atoms with E-state index in [1.807, 2.05) is 39.8 Å². The quantitative estimate of drug-likeness (QED) is 0.483. The molecule has 0 spiro atoms. The highest BCUT2D eigenvalue weighted by Crippen LogP contribution is 2.09. The van der Waals surface area contributed by atoms with Crippen LogP contribution in [0.3, 0.4) is 0 Å². The van der Waals surface area contributed by atoms with Crippen molar-refractivity contribution in [2.45, 2.75) is 40.9 Å². The first-order valence-electron chi connectivity index (χ1n) is 5.86. The van der Waals surface area contributed by atoms with E-state index in [1.54, 1.807) is 0 Å². The molecule has 0 aliphatic rings. The maximum Gasteiger partial charge on any atom is 0.179 e. The minimum atomic E-state index is -0.218. The molecule has 0 aromatic heterocycles. The van der Waals surface area contributed by atoms with E-state index in [1.165, 1.54) is 5.57 Å². The Labute approximate surface area is 99.6 Å². The van der Waals surface area contributed by atoms with Crippen LogP contribution in [0, 0.1) is 0 Å². The molecule has 0 bridgehead atoms. The largest absolute Gasteiger partial charge is 0.349 e. The highest BCUT2D eigenvalue weighted by molar-refractivity contribution is 5.24. The molecule has 16 heavy (non-hydrogen) atoms. The first-order chi connectivity index (χ1) is 7.65. The Bertz CT molecular complexity index is 256. The van der Waals surface area contributed by atoms with E-state index in [-0.39, 0.29) is 6.29 Å². The normalized spacial score (nSPS) is 14.1. The Morgan fingerprint density at radius 3 is 2.06 bits per heavy atom. The van der Waals surface area contributed by atoms with E-state index in [4.69, 9.17) is 9.47 Å². The summed E-state index contributed by atoms with van der Waals surface area (Å²) in [5.74, 6) is 0. The van der Waals surface area contributed by atoms with Crippen molar-refractivity contribution in [1.29, 1.82) is 0 Å². The zero-order valence-electron chi connectivity index (χ0n) is 11.1. The van der Waals surface area contributed by atoms with Gasteiger partial charge in [-0.25, -0.2) is 0 Å². The van der Waals surface area contributed by atoms with Crippen molar-refractivity contribution < 1.29 is 9.47 Å². The average Bonchev–Trinajstić information content (AvgIpc) is 2.26. The van der Waals surface area contributed by atoms with Crippen LogP contribution in [0.2, 0.25) is 0 Å². The molecule has 92 valence electrons. The van der Waals surface area contributed by atoms with Crippen LogP contribution < -0.4 is 0 Å². The topological polar surface area (TPSA) is 18.5 Å². The summed E-state index contributed by atoms with van der Waals surface area (Å²) in [6.07, 6.45) is 7.99. The van der Waals surface area contributed by atoms with Gasteiger partial charge in [-0.2, -0.15) is 0 Å². The molecule has 0 aliphatic carbocycles. The van der Waals surface area contributed by atoms with E-state index in [0.29, 0.717) is 13.2 Å². The third-order valence-electron chi connectivity index (χ3n) is 2.05. The van der Waals surface area contributed by atoms with Crippen LogP contribution in [0.15, 0.2) is 35.5 Å². The van der Waals surface area contributed by atoms with Gasteiger partial charge in [0.2, 0.25) is 0 Å². The number of hydrogen-bond acceptors (Lipinski definition) is 2. The van der Waals surface area contributed by atoms with Crippen molar-refractivity contribution >= 4 is 0 Å². The van der Waals surface area contributed by atoms with Gasteiger partial charge in [0.15, 0.2) is 6.29 Å². The lowest BCUT2D eigenvalue weighted by Gasteiger charge is -2.17. The van der Waals surface area contributed by atoms with E-state index < -0.39 is 0 Å². The molecule has 0 N–H and O–H groups in total. The standard InChI is InChI=1S/C14H24O2/c1-6-9-12(4)10-11-13(5)14(15-7-2)16-8-3/h6,9-11,14H,7-8H2,1-5H3/b9-6?,12-10-,13-11+. The number of allylic oxidation sites excluding steroid dienone is 5. The maximum absolute atomic E-state index is 5.50. The monoisotopic (exact) mass is 224 g/mol. The van der Waals surface area contributed by atoms with Crippen LogP contribution in [-0.4, -0.2) is 19.5 Å². The summed E-state index contributed by atoms with van der Waals surface area (Å²) >= 11 is 0. The van der Waals surface area contributed by atoms with Crippen LogP contribution in [0.5, 0.6) is 0 Å². The van der Waals surface area contributed by atoms with Gasteiger partial charge in [-0.3, -0.25) is 0 Å². The highest BCUT2D eigenvalue weighted by Gasteiger charge is 2.08. The molecule has 2 nitrogen and oxygen atoms in total. The Morgan fingerprint density at radius 2 is 1.62 bits per heavy atom.